The van der Waals surface area contributed by atoms with Crippen LogP contribution in [0.15, 0.2) is 18.2 Å². The van der Waals surface area contributed by atoms with Crippen molar-refractivity contribution in [2.75, 3.05) is 20.1 Å². The van der Waals surface area contributed by atoms with Crippen LogP contribution in [0.3, 0.4) is 0 Å². The van der Waals surface area contributed by atoms with Crippen molar-refractivity contribution in [3.8, 4) is 6.07 Å². The first-order valence-corrected chi connectivity index (χ1v) is 6.33. The highest BCUT2D eigenvalue weighted by Crippen LogP contribution is 2.22. The third kappa shape index (κ3) is 2.94. The van der Waals surface area contributed by atoms with E-state index in [4.69, 9.17) is 0 Å². The molecular weight excluding hydrogens is 264 g/mol. The third-order valence-electron chi connectivity index (χ3n) is 3.58. The molecule has 106 valence electrons. The standard InChI is InChI=1S/C14H15F2N3O/c1-19-6-4-14(9-17,5-7-19)18-13(20)11-8-10(15)2-3-12(11)16/h2-3,8H,4-7H2,1H3,(H,18,20). The van der Waals surface area contributed by atoms with E-state index >= 15 is 0 Å². The lowest BCUT2D eigenvalue weighted by Crippen LogP contribution is -2.53. The number of benzene rings is 1. The highest BCUT2D eigenvalue weighted by Gasteiger charge is 2.36. The number of amides is 1. The summed E-state index contributed by atoms with van der Waals surface area (Å²) in [5.74, 6) is -2.25. The first-order valence-electron chi connectivity index (χ1n) is 6.33. The summed E-state index contributed by atoms with van der Waals surface area (Å²) in [4.78, 5) is 14.1. The Balaban J connectivity index is 2.18. The maximum Gasteiger partial charge on any atom is 0.255 e. The highest BCUT2D eigenvalue weighted by molar-refractivity contribution is 5.95. The second-order valence-corrected chi connectivity index (χ2v) is 5.08. The van der Waals surface area contributed by atoms with Crippen LogP contribution in [0.25, 0.3) is 0 Å². The average Bonchev–Trinajstić information content (AvgIpc) is 2.44. The lowest BCUT2D eigenvalue weighted by Gasteiger charge is -2.36. The van der Waals surface area contributed by atoms with Gasteiger partial charge in [-0.3, -0.25) is 4.79 Å². The van der Waals surface area contributed by atoms with Gasteiger partial charge in [-0.1, -0.05) is 0 Å². The number of likely N-dealkylation sites (tertiary alicyclic amines) is 1. The van der Waals surface area contributed by atoms with Gasteiger partial charge >= 0.3 is 0 Å². The van der Waals surface area contributed by atoms with Crippen LogP contribution in [0.4, 0.5) is 8.78 Å². The zero-order chi connectivity index (χ0) is 14.8. The summed E-state index contributed by atoms with van der Waals surface area (Å²) < 4.78 is 26.6. The van der Waals surface area contributed by atoms with Crippen LogP contribution in [0.5, 0.6) is 0 Å². The molecule has 1 saturated heterocycles. The Hall–Kier alpha value is -2.00. The Labute approximate surface area is 116 Å². The first-order chi connectivity index (χ1) is 9.46. The minimum atomic E-state index is -1.01. The van der Waals surface area contributed by atoms with Gasteiger partial charge in [-0.2, -0.15) is 5.26 Å². The van der Waals surface area contributed by atoms with Crippen LogP contribution in [0, 0.1) is 23.0 Å². The molecule has 1 fully saturated rings. The fraction of sp³-hybridized carbons (Fsp3) is 0.429. The molecule has 1 heterocycles. The molecule has 0 atom stereocenters. The van der Waals surface area contributed by atoms with Crippen molar-refractivity contribution < 1.29 is 13.6 Å². The number of nitrogens with zero attached hydrogens (tertiary/aromatic N) is 2. The van der Waals surface area contributed by atoms with E-state index in [0.717, 1.165) is 18.2 Å². The molecule has 0 bridgehead atoms. The van der Waals surface area contributed by atoms with E-state index in [-0.39, 0.29) is 5.56 Å². The summed E-state index contributed by atoms with van der Waals surface area (Å²) >= 11 is 0. The molecule has 1 aliphatic rings. The van der Waals surface area contributed by atoms with Crippen LogP contribution in [0.2, 0.25) is 0 Å². The Morgan fingerprint density at radius 3 is 2.65 bits per heavy atom. The zero-order valence-electron chi connectivity index (χ0n) is 11.1. The minimum absolute atomic E-state index is 0.376. The minimum Gasteiger partial charge on any atom is -0.334 e. The highest BCUT2D eigenvalue weighted by atomic mass is 19.1. The normalized spacial score (nSPS) is 18.3. The smallest absolute Gasteiger partial charge is 0.255 e. The van der Waals surface area contributed by atoms with Gasteiger partial charge in [0.15, 0.2) is 0 Å². The molecule has 0 unspecified atom stereocenters. The molecule has 0 aromatic heterocycles. The lowest BCUT2D eigenvalue weighted by atomic mass is 9.89. The van der Waals surface area contributed by atoms with Gasteiger partial charge in [0, 0.05) is 13.1 Å². The average molecular weight is 279 g/mol. The Bertz CT molecular complexity index is 560. The molecule has 4 nitrogen and oxygen atoms in total. The number of carbonyl (C=O) groups excluding carboxylic acids is 1. The van der Waals surface area contributed by atoms with Crippen LogP contribution in [-0.2, 0) is 0 Å². The van der Waals surface area contributed by atoms with Crippen molar-refractivity contribution in [1.82, 2.24) is 10.2 Å². The topological polar surface area (TPSA) is 56.1 Å². The molecule has 1 aromatic carbocycles. The number of hydrogen-bond acceptors (Lipinski definition) is 3. The maximum absolute atomic E-state index is 13.5. The van der Waals surface area contributed by atoms with Crippen LogP contribution in [-0.4, -0.2) is 36.5 Å². The molecule has 2 rings (SSSR count). The van der Waals surface area contributed by atoms with Gasteiger partial charge in [-0.15, -0.1) is 0 Å². The summed E-state index contributed by atoms with van der Waals surface area (Å²) in [5.41, 5.74) is -1.39. The van der Waals surface area contributed by atoms with Gasteiger partial charge in [0.2, 0.25) is 0 Å². The summed E-state index contributed by atoms with van der Waals surface area (Å²) in [6.45, 7) is 1.33. The van der Waals surface area contributed by atoms with E-state index < -0.39 is 23.1 Å². The number of carbonyl (C=O) groups is 1. The second-order valence-electron chi connectivity index (χ2n) is 5.08. The van der Waals surface area contributed by atoms with Crippen molar-refractivity contribution in [2.24, 2.45) is 0 Å². The molecule has 6 heteroatoms. The van der Waals surface area contributed by atoms with Gasteiger partial charge in [-0.25, -0.2) is 8.78 Å². The number of halogens is 2. The van der Waals surface area contributed by atoms with E-state index in [1.165, 1.54) is 0 Å². The summed E-state index contributed by atoms with van der Waals surface area (Å²) in [6.07, 6.45) is 0.922. The van der Waals surface area contributed by atoms with Gasteiger partial charge < -0.3 is 10.2 Å². The molecule has 1 aliphatic heterocycles. The fourth-order valence-corrected chi connectivity index (χ4v) is 2.22. The number of rotatable bonds is 2. The molecule has 1 N–H and O–H groups in total. The lowest BCUT2D eigenvalue weighted by molar-refractivity contribution is 0.0877. The van der Waals surface area contributed by atoms with Crippen molar-refractivity contribution in [1.29, 1.82) is 5.26 Å². The van der Waals surface area contributed by atoms with Crippen molar-refractivity contribution in [3.63, 3.8) is 0 Å². The van der Waals surface area contributed by atoms with Crippen molar-refractivity contribution >= 4 is 5.91 Å². The Kier molecular flexibility index (Phi) is 4.00. The molecule has 20 heavy (non-hydrogen) atoms. The summed E-state index contributed by atoms with van der Waals surface area (Å²) in [6, 6.07) is 4.78. The van der Waals surface area contributed by atoms with Crippen molar-refractivity contribution in [3.05, 3.63) is 35.4 Å². The Morgan fingerprint density at radius 2 is 2.05 bits per heavy atom. The van der Waals surface area contributed by atoms with Crippen LogP contribution >= 0.6 is 0 Å². The maximum atomic E-state index is 13.5. The molecule has 0 radical (unpaired) electrons. The Morgan fingerprint density at radius 1 is 1.40 bits per heavy atom. The van der Waals surface area contributed by atoms with Gasteiger partial charge in [-0.05, 0) is 38.1 Å². The third-order valence-corrected chi connectivity index (χ3v) is 3.58. The van der Waals surface area contributed by atoms with Gasteiger partial charge in [0.05, 0.1) is 11.6 Å². The number of nitrogens with one attached hydrogen (secondary N) is 1. The van der Waals surface area contributed by atoms with Crippen LogP contribution in [0.1, 0.15) is 23.2 Å². The zero-order valence-corrected chi connectivity index (χ0v) is 11.1. The summed E-state index contributed by atoms with van der Waals surface area (Å²) in [5, 5.41) is 11.8. The monoisotopic (exact) mass is 279 g/mol. The first kappa shape index (κ1) is 14.4. The van der Waals surface area contributed by atoms with E-state index in [2.05, 4.69) is 11.4 Å². The number of piperidine rings is 1. The summed E-state index contributed by atoms with van der Waals surface area (Å²) in [7, 11) is 1.93. The number of hydrogen-bond donors (Lipinski definition) is 1. The molecule has 0 spiro atoms. The second kappa shape index (κ2) is 5.55. The van der Waals surface area contributed by atoms with Crippen LogP contribution < -0.4 is 5.32 Å². The molecule has 1 amide bonds. The van der Waals surface area contributed by atoms with Gasteiger partial charge in [0.25, 0.3) is 5.91 Å². The SMILES string of the molecule is CN1CCC(C#N)(NC(=O)c2cc(F)ccc2F)CC1. The molecule has 0 saturated carbocycles. The number of nitriles is 1. The van der Waals surface area contributed by atoms with E-state index in [9.17, 15) is 18.8 Å². The van der Waals surface area contributed by atoms with E-state index in [1.54, 1.807) is 0 Å². The van der Waals surface area contributed by atoms with E-state index in [1.807, 2.05) is 11.9 Å². The molecule has 0 aliphatic carbocycles. The largest absolute Gasteiger partial charge is 0.334 e. The molecule has 1 aromatic rings. The van der Waals surface area contributed by atoms with E-state index in [0.29, 0.717) is 25.9 Å². The molecular formula is C14H15F2N3O. The predicted molar refractivity (Wildman–Crippen MR) is 68.9 cm³/mol. The van der Waals surface area contributed by atoms with Gasteiger partial charge in [0.1, 0.15) is 17.2 Å². The van der Waals surface area contributed by atoms with Crippen molar-refractivity contribution in [2.45, 2.75) is 18.4 Å². The predicted octanol–water partition coefficient (Wildman–Crippen LogP) is 1.68. The quantitative estimate of drug-likeness (QED) is 0.896. The fourth-order valence-electron chi connectivity index (χ4n) is 2.22.